The number of fused-ring (bicyclic) bond motifs is 1. The van der Waals surface area contributed by atoms with Crippen molar-refractivity contribution in [1.82, 2.24) is 24.2 Å². The van der Waals surface area contributed by atoms with Crippen LogP contribution in [0.25, 0.3) is 11.0 Å². The van der Waals surface area contributed by atoms with E-state index < -0.39 is 0 Å². The Kier molecular flexibility index (Phi) is 9.11. The highest BCUT2D eigenvalue weighted by atomic mass is 79.9. The van der Waals surface area contributed by atoms with Crippen molar-refractivity contribution in [2.75, 3.05) is 6.54 Å². The zero-order valence-electron chi connectivity index (χ0n) is 25.0. The van der Waals surface area contributed by atoms with E-state index in [2.05, 4.69) is 112 Å². The van der Waals surface area contributed by atoms with Crippen molar-refractivity contribution >= 4 is 27.0 Å². The largest absolute Gasteiger partial charge is 0.312 e. The minimum atomic E-state index is 0.616. The second kappa shape index (κ2) is 13.7. The van der Waals surface area contributed by atoms with Gasteiger partial charge in [-0.15, -0.1) is 10.2 Å². The number of hydrogen-bond acceptors (Lipinski definition) is 5. The molecule has 2 aromatic heterocycles. The zero-order chi connectivity index (χ0) is 31.2. The topological polar surface area (TPSA) is 90.3 Å². The third-order valence-electron chi connectivity index (χ3n) is 8.15. The van der Waals surface area contributed by atoms with Gasteiger partial charge in [-0.05, 0) is 71.6 Å². The van der Waals surface area contributed by atoms with Crippen LogP contribution < -0.4 is 4.57 Å². The number of rotatable bonds is 11. The summed E-state index contributed by atoms with van der Waals surface area (Å²) < 4.78 is 7.82. The van der Waals surface area contributed by atoms with Crippen molar-refractivity contribution in [1.29, 1.82) is 10.5 Å². The molecule has 8 nitrogen and oxygen atoms in total. The molecule has 4 aromatic carbocycles. The van der Waals surface area contributed by atoms with Crippen molar-refractivity contribution in [2.45, 2.75) is 32.6 Å². The van der Waals surface area contributed by atoms with E-state index in [1.165, 1.54) is 11.4 Å². The summed E-state index contributed by atoms with van der Waals surface area (Å²) in [7, 11) is 2.13. The first-order valence-corrected chi connectivity index (χ1v) is 15.6. The molecule has 0 aliphatic carbocycles. The Morgan fingerprint density at radius 2 is 1.44 bits per heavy atom. The van der Waals surface area contributed by atoms with E-state index >= 15 is 0 Å². The molecule has 0 spiro atoms. The minimum absolute atomic E-state index is 0.616. The molecule has 6 rings (SSSR count). The molecule has 0 atom stereocenters. The predicted molar refractivity (Wildman–Crippen MR) is 176 cm³/mol. The first-order valence-electron chi connectivity index (χ1n) is 14.8. The van der Waals surface area contributed by atoms with Crippen LogP contribution in [-0.4, -0.2) is 30.8 Å². The highest BCUT2D eigenvalue weighted by Crippen LogP contribution is 2.19. The minimum Gasteiger partial charge on any atom is -0.312 e. The maximum absolute atomic E-state index is 9.29. The lowest BCUT2D eigenvalue weighted by Crippen LogP contribution is -2.42. The van der Waals surface area contributed by atoms with Crippen molar-refractivity contribution in [3.63, 3.8) is 0 Å². The number of halogens is 1. The maximum atomic E-state index is 9.29. The van der Waals surface area contributed by atoms with Gasteiger partial charge in [-0.1, -0.05) is 64.5 Å². The SMILES string of the molecule is Cn1c(CN(CCc2ccc(Br)cc2)Cc2nncn2Cc2ccc(C#N)cc2)[n+](Cc2ccc(C#N)cc2)c2ccccc21. The molecule has 0 aliphatic heterocycles. The molecule has 0 aliphatic rings. The summed E-state index contributed by atoms with van der Waals surface area (Å²) in [6.07, 6.45) is 2.67. The predicted octanol–water partition coefficient (Wildman–Crippen LogP) is 5.90. The lowest BCUT2D eigenvalue weighted by atomic mass is 10.1. The average molecular weight is 657 g/mol. The maximum Gasteiger partial charge on any atom is 0.271 e. The van der Waals surface area contributed by atoms with Gasteiger partial charge in [0, 0.05) is 11.0 Å². The summed E-state index contributed by atoms with van der Waals surface area (Å²) in [4.78, 5) is 2.44. The standard InChI is InChI=1S/C36H32BrN8/c1-42-33-4-2-3-5-34(33)45(23-31-12-8-29(21-39)9-13-31)36(42)25-43(19-18-27-14-16-32(37)17-15-27)24-35-41-40-26-44(35)22-30-10-6-28(20-38)7-11-30/h2-17,26H,18-19,22-25H2,1H3/q+1. The van der Waals surface area contributed by atoms with E-state index in [-0.39, 0.29) is 0 Å². The molecule has 0 saturated heterocycles. The molecular formula is C36H32BrN8+. The summed E-state index contributed by atoms with van der Waals surface area (Å²) >= 11 is 3.55. The Labute approximate surface area is 271 Å². The normalized spacial score (nSPS) is 11.1. The van der Waals surface area contributed by atoms with Crippen molar-refractivity contribution in [2.24, 2.45) is 7.05 Å². The number of benzene rings is 4. The highest BCUT2D eigenvalue weighted by Gasteiger charge is 2.26. The van der Waals surface area contributed by atoms with Crippen LogP contribution in [0.5, 0.6) is 0 Å². The van der Waals surface area contributed by atoms with Crippen LogP contribution >= 0.6 is 15.9 Å². The molecule has 45 heavy (non-hydrogen) atoms. The fourth-order valence-corrected chi connectivity index (χ4v) is 5.90. The van der Waals surface area contributed by atoms with Crippen LogP contribution in [0, 0.1) is 22.7 Å². The van der Waals surface area contributed by atoms with Gasteiger partial charge in [0.15, 0.2) is 11.0 Å². The van der Waals surface area contributed by atoms with Gasteiger partial charge < -0.3 is 4.57 Å². The summed E-state index contributed by atoms with van der Waals surface area (Å²) in [5.41, 5.74) is 7.13. The molecule has 6 aromatic rings. The van der Waals surface area contributed by atoms with E-state index in [1.54, 1.807) is 6.33 Å². The third kappa shape index (κ3) is 7.02. The van der Waals surface area contributed by atoms with Gasteiger partial charge in [0.25, 0.3) is 5.82 Å². The first-order chi connectivity index (χ1) is 22.0. The van der Waals surface area contributed by atoms with E-state index in [0.29, 0.717) is 37.3 Å². The van der Waals surface area contributed by atoms with Crippen LogP contribution in [0.4, 0.5) is 0 Å². The number of nitriles is 2. The fraction of sp³-hybridized carbons (Fsp3) is 0.194. The van der Waals surface area contributed by atoms with Gasteiger partial charge in [0.2, 0.25) is 0 Å². The highest BCUT2D eigenvalue weighted by molar-refractivity contribution is 9.10. The Morgan fingerprint density at radius 1 is 0.800 bits per heavy atom. The Morgan fingerprint density at radius 3 is 2.13 bits per heavy atom. The Balaban J connectivity index is 1.32. The second-order valence-electron chi connectivity index (χ2n) is 11.1. The first kappa shape index (κ1) is 30.0. The Hall–Kier alpha value is -5.09. The number of imidazole rings is 1. The van der Waals surface area contributed by atoms with Crippen LogP contribution in [0.2, 0.25) is 0 Å². The van der Waals surface area contributed by atoms with Crippen LogP contribution in [0.3, 0.4) is 0 Å². The summed E-state index contributed by atoms with van der Waals surface area (Å²) in [5.74, 6) is 2.06. The van der Waals surface area contributed by atoms with Crippen molar-refractivity contribution < 1.29 is 4.57 Å². The number of aryl methyl sites for hydroxylation is 1. The van der Waals surface area contributed by atoms with Crippen LogP contribution in [0.1, 0.15) is 39.5 Å². The number of nitrogens with zero attached hydrogens (tertiary/aromatic N) is 8. The third-order valence-corrected chi connectivity index (χ3v) is 8.68. The van der Waals surface area contributed by atoms with Crippen LogP contribution in [-0.2, 0) is 39.6 Å². The van der Waals surface area contributed by atoms with Gasteiger partial charge in [-0.3, -0.25) is 4.90 Å². The monoisotopic (exact) mass is 655 g/mol. The van der Waals surface area contributed by atoms with Crippen molar-refractivity contribution in [3.8, 4) is 12.1 Å². The van der Waals surface area contributed by atoms with Gasteiger partial charge in [0.05, 0.1) is 43.4 Å². The average Bonchev–Trinajstić information content (AvgIpc) is 3.62. The molecule has 0 fully saturated rings. The van der Waals surface area contributed by atoms with E-state index in [0.717, 1.165) is 45.4 Å². The molecule has 0 saturated carbocycles. The van der Waals surface area contributed by atoms with Crippen LogP contribution in [0.15, 0.2) is 108 Å². The van der Waals surface area contributed by atoms with E-state index in [4.69, 9.17) is 0 Å². The smallest absolute Gasteiger partial charge is 0.271 e. The number of para-hydroxylation sites is 2. The lowest BCUT2D eigenvalue weighted by Gasteiger charge is -2.21. The number of hydrogen-bond donors (Lipinski definition) is 0. The molecule has 0 radical (unpaired) electrons. The van der Waals surface area contributed by atoms with E-state index in [9.17, 15) is 10.5 Å². The van der Waals surface area contributed by atoms with Gasteiger partial charge in [0.1, 0.15) is 25.2 Å². The summed E-state index contributed by atoms with van der Waals surface area (Å²) in [5, 5.41) is 27.3. The zero-order valence-corrected chi connectivity index (χ0v) is 26.6. The Bertz CT molecular complexity index is 1990. The van der Waals surface area contributed by atoms with Gasteiger partial charge in [-0.2, -0.15) is 10.5 Å². The molecule has 9 heteroatoms. The fourth-order valence-electron chi connectivity index (χ4n) is 5.64. The molecule has 0 amide bonds. The molecule has 0 N–H and O–H groups in total. The number of aromatic nitrogens is 5. The molecule has 2 heterocycles. The molecule has 0 unspecified atom stereocenters. The van der Waals surface area contributed by atoms with Gasteiger partial charge >= 0.3 is 0 Å². The summed E-state index contributed by atoms with van der Waals surface area (Å²) in [6, 6.07) is 36.9. The molecular weight excluding hydrogens is 624 g/mol. The van der Waals surface area contributed by atoms with Gasteiger partial charge in [-0.25, -0.2) is 9.13 Å². The lowest BCUT2D eigenvalue weighted by molar-refractivity contribution is -0.672. The van der Waals surface area contributed by atoms with Crippen molar-refractivity contribution in [3.05, 3.63) is 147 Å². The quantitative estimate of drug-likeness (QED) is 0.162. The van der Waals surface area contributed by atoms with E-state index in [1.807, 2.05) is 48.5 Å². The molecule has 222 valence electrons. The molecule has 0 bridgehead atoms. The second-order valence-corrected chi connectivity index (χ2v) is 12.0. The summed E-state index contributed by atoms with van der Waals surface area (Å²) in [6.45, 7) is 3.45.